The monoisotopic (exact) mass is 1050 g/mol. The van der Waals surface area contributed by atoms with Gasteiger partial charge in [-0.3, -0.25) is 14.4 Å². The predicted molar refractivity (Wildman–Crippen MR) is 304 cm³/mol. The Bertz CT molecular complexity index is 2010. The van der Waals surface area contributed by atoms with Crippen molar-refractivity contribution in [2.24, 2.45) is 0 Å². The molecule has 0 aliphatic rings. The van der Waals surface area contributed by atoms with Crippen molar-refractivity contribution in [2.75, 3.05) is 37.0 Å². The molecule has 4 N–H and O–H groups in total. The summed E-state index contributed by atoms with van der Waals surface area (Å²) >= 11 is 1.34. The van der Waals surface area contributed by atoms with Gasteiger partial charge in [0.1, 0.15) is 42.3 Å². The number of alkyl carbamates (subject to hydrolysis) is 1. The Labute approximate surface area is 450 Å². The number of hydrogen-bond donors (Lipinski definition) is 3. The van der Waals surface area contributed by atoms with Gasteiger partial charge in [-0.25, -0.2) is 14.8 Å². The van der Waals surface area contributed by atoms with Crippen molar-refractivity contribution in [1.29, 1.82) is 0 Å². The number of rotatable bonds is 44. The number of para-hydroxylation sites is 1. The molecule has 0 saturated heterocycles. The molecule has 420 valence electrons. The number of fused-ring (bicyclic) bond motifs is 3. The van der Waals surface area contributed by atoms with E-state index in [1.54, 1.807) is 20.8 Å². The Morgan fingerprint density at radius 3 is 1.74 bits per heavy atom. The summed E-state index contributed by atoms with van der Waals surface area (Å²) in [6.45, 7) is 13.3. The Morgan fingerprint density at radius 1 is 0.676 bits per heavy atom. The molecule has 1 unspecified atom stereocenters. The van der Waals surface area contributed by atoms with Gasteiger partial charge in [0.2, 0.25) is 5.91 Å². The van der Waals surface area contributed by atoms with Crippen molar-refractivity contribution >= 4 is 63.5 Å². The number of nitrogens with two attached hydrogens (primary N) is 1. The van der Waals surface area contributed by atoms with E-state index in [4.69, 9.17) is 29.7 Å². The summed E-state index contributed by atoms with van der Waals surface area (Å²) in [4.78, 5) is 62.5. The molecule has 3 aromatic rings. The lowest BCUT2D eigenvalue weighted by molar-refractivity contribution is -0.157. The van der Waals surface area contributed by atoms with E-state index in [-0.39, 0.29) is 36.0 Å². The third-order valence-corrected chi connectivity index (χ3v) is 14.5. The second-order valence-corrected chi connectivity index (χ2v) is 22.3. The van der Waals surface area contributed by atoms with E-state index in [0.29, 0.717) is 62.7 Å². The van der Waals surface area contributed by atoms with E-state index in [0.717, 1.165) is 54.9 Å². The van der Waals surface area contributed by atoms with Crippen molar-refractivity contribution in [3.63, 3.8) is 0 Å². The first-order valence-electron chi connectivity index (χ1n) is 29.2. The number of esters is 2. The fourth-order valence-corrected chi connectivity index (χ4v) is 10.2. The third kappa shape index (κ3) is 28.1. The normalized spacial score (nSPS) is 12.5. The maximum Gasteiger partial charge on any atom is 0.408 e. The fraction of sp³-hybridized carbons (Fsp3) is 0.763. The number of nitrogens with one attached hydrogen (secondary N) is 2. The Morgan fingerprint density at radius 2 is 1.20 bits per heavy atom. The van der Waals surface area contributed by atoms with Crippen LogP contribution in [0.3, 0.4) is 0 Å². The smallest absolute Gasteiger partial charge is 0.408 e. The highest BCUT2D eigenvalue weighted by Crippen LogP contribution is 2.29. The van der Waals surface area contributed by atoms with Crippen LogP contribution in [0.15, 0.2) is 24.3 Å². The largest absolute Gasteiger partial charge is 0.462 e. The van der Waals surface area contributed by atoms with Crippen LogP contribution in [0.2, 0.25) is 0 Å². The summed E-state index contributed by atoms with van der Waals surface area (Å²) in [7, 11) is 0. The molecule has 3 rings (SSSR count). The average molecular weight is 1050 g/mol. The number of amides is 2. The standard InChI is InChI=1S/C59H100N6O8S/c1-7-10-12-14-16-18-20-22-24-26-28-30-32-39-52(66)71-43-47(72-53(67)40-33-31-29-27-25-23-21-19-17-15-13-11-8-2)45-74-46-50(63-58(69)73-59(4,5)6)57(68)61-41-36-42-65-51(44-70-9-3)64-54-55(65)48-37-34-35-38-49(48)62-56(54)60/h34-35,37-38,47,50H,7-33,36,39-46H2,1-6H3,(H2,60,62)(H,61,68)(H,63,69)/t47?,50-/m0/s1. The number of nitrogens with zero attached hydrogens (tertiary/aromatic N) is 3. The van der Waals surface area contributed by atoms with Crippen molar-refractivity contribution in [3.8, 4) is 0 Å². The number of aromatic nitrogens is 3. The SMILES string of the molecule is CCCCCCCCCCCCCCCC(=O)OCC(CSC[C@H](NC(=O)OC(C)(C)C)C(=O)NCCCn1c(COCC)nc2c(N)nc3ccccc3c21)OC(=O)CCCCCCCCCCCCCCC. The molecule has 0 fully saturated rings. The van der Waals surface area contributed by atoms with Crippen LogP contribution in [0.25, 0.3) is 21.9 Å². The maximum absolute atomic E-state index is 13.9. The quantitative estimate of drug-likeness (QED) is 0.0277. The van der Waals surface area contributed by atoms with Crippen LogP contribution in [-0.2, 0) is 46.5 Å². The third-order valence-electron chi connectivity index (χ3n) is 13.3. The minimum atomic E-state index is -0.965. The Hall–Kier alpha value is -4.11. The van der Waals surface area contributed by atoms with Gasteiger partial charge in [-0.05, 0) is 53.0 Å². The van der Waals surface area contributed by atoms with Crippen LogP contribution in [0, 0.1) is 0 Å². The molecular weight excluding hydrogens is 953 g/mol. The number of hydrogen-bond acceptors (Lipinski definition) is 12. The van der Waals surface area contributed by atoms with Crippen LogP contribution in [-0.4, -0.2) is 87.5 Å². The first-order chi connectivity index (χ1) is 35.9. The van der Waals surface area contributed by atoms with Gasteiger partial charge >= 0.3 is 18.0 Å². The molecule has 0 aliphatic heterocycles. The summed E-state index contributed by atoms with van der Waals surface area (Å²) < 4.78 is 25.1. The van der Waals surface area contributed by atoms with Gasteiger partial charge in [0, 0.05) is 49.4 Å². The molecule has 15 heteroatoms. The molecule has 0 bridgehead atoms. The molecule has 2 aromatic heterocycles. The van der Waals surface area contributed by atoms with Gasteiger partial charge < -0.3 is 39.9 Å². The van der Waals surface area contributed by atoms with E-state index in [9.17, 15) is 19.2 Å². The number of pyridine rings is 1. The fourth-order valence-electron chi connectivity index (χ4n) is 9.16. The van der Waals surface area contributed by atoms with Crippen LogP contribution >= 0.6 is 11.8 Å². The Balaban J connectivity index is 1.56. The molecule has 2 heterocycles. The number of unbranched alkanes of at least 4 members (excludes halogenated alkanes) is 24. The molecular formula is C59H100N6O8S. The molecule has 0 radical (unpaired) electrons. The van der Waals surface area contributed by atoms with Crippen molar-refractivity contribution in [2.45, 2.75) is 259 Å². The second kappa shape index (κ2) is 39.3. The van der Waals surface area contributed by atoms with Crippen LogP contribution in [0.4, 0.5) is 10.6 Å². The predicted octanol–water partition coefficient (Wildman–Crippen LogP) is 14.3. The van der Waals surface area contributed by atoms with Crippen LogP contribution in [0.1, 0.15) is 234 Å². The zero-order valence-corrected chi connectivity index (χ0v) is 47.8. The van der Waals surface area contributed by atoms with Gasteiger partial charge in [0.25, 0.3) is 0 Å². The topological polar surface area (TPSA) is 186 Å². The lowest BCUT2D eigenvalue weighted by Gasteiger charge is -2.24. The lowest BCUT2D eigenvalue weighted by Crippen LogP contribution is -2.50. The van der Waals surface area contributed by atoms with Crippen molar-refractivity contribution in [3.05, 3.63) is 30.1 Å². The summed E-state index contributed by atoms with van der Waals surface area (Å²) in [5.74, 6) is 0.464. The van der Waals surface area contributed by atoms with Gasteiger partial charge in [0.05, 0.1) is 11.0 Å². The average Bonchev–Trinajstić information content (AvgIpc) is 3.74. The highest BCUT2D eigenvalue weighted by molar-refractivity contribution is 7.99. The number of benzene rings is 1. The minimum absolute atomic E-state index is 0.0732. The number of ether oxygens (including phenoxy) is 4. The van der Waals surface area contributed by atoms with Gasteiger partial charge in [-0.15, -0.1) is 0 Å². The van der Waals surface area contributed by atoms with Crippen molar-refractivity contribution in [1.82, 2.24) is 25.2 Å². The van der Waals surface area contributed by atoms with Crippen LogP contribution in [0.5, 0.6) is 0 Å². The van der Waals surface area contributed by atoms with E-state index < -0.39 is 23.8 Å². The van der Waals surface area contributed by atoms with Gasteiger partial charge in [0.15, 0.2) is 5.82 Å². The summed E-state index contributed by atoms with van der Waals surface area (Å²) in [6.07, 6.45) is 31.4. The molecule has 2 amide bonds. The minimum Gasteiger partial charge on any atom is -0.462 e. The van der Waals surface area contributed by atoms with Crippen LogP contribution < -0.4 is 16.4 Å². The Kier molecular flexibility index (Phi) is 34.1. The highest BCUT2D eigenvalue weighted by Gasteiger charge is 2.26. The first kappa shape index (κ1) is 64.2. The zero-order chi connectivity index (χ0) is 53.7. The first-order valence-corrected chi connectivity index (χ1v) is 30.3. The lowest BCUT2D eigenvalue weighted by atomic mass is 10.0. The summed E-state index contributed by atoms with van der Waals surface area (Å²) in [5, 5.41) is 6.69. The summed E-state index contributed by atoms with van der Waals surface area (Å²) in [5.41, 5.74) is 7.84. The van der Waals surface area contributed by atoms with E-state index in [1.807, 2.05) is 31.2 Å². The number of thioether (sulfide) groups is 1. The van der Waals surface area contributed by atoms with Gasteiger partial charge in [-0.1, -0.05) is 186 Å². The van der Waals surface area contributed by atoms with Crippen molar-refractivity contribution < 1.29 is 38.1 Å². The summed E-state index contributed by atoms with van der Waals surface area (Å²) in [6, 6.07) is 6.82. The number of nitrogen functional groups attached to an aromatic ring is 1. The number of carbonyl (C=O) groups excluding carboxylic acids is 4. The highest BCUT2D eigenvalue weighted by atomic mass is 32.2. The van der Waals surface area contributed by atoms with E-state index in [1.165, 1.54) is 140 Å². The molecule has 0 spiro atoms. The molecule has 0 saturated carbocycles. The van der Waals surface area contributed by atoms with E-state index >= 15 is 0 Å². The molecule has 74 heavy (non-hydrogen) atoms. The van der Waals surface area contributed by atoms with Gasteiger partial charge in [-0.2, -0.15) is 11.8 Å². The molecule has 14 nitrogen and oxygen atoms in total. The molecule has 2 atom stereocenters. The number of carbonyl (C=O) groups is 4. The number of aryl methyl sites for hydroxylation is 1. The molecule has 0 aliphatic carbocycles. The van der Waals surface area contributed by atoms with E-state index in [2.05, 4.69) is 34.0 Å². The number of anilines is 1. The zero-order valence-electron chi connectivity index (χ0n) is 47.0. The maximum atomic E-state index is 13.9. The second-order valence-electron chi connectivity index (χ2n) is 21.2. The molecule has 1 aromatic carbocycles. The number of imidazole rings is 1.